The van der Waals surface area contributed by atoms with Crippen LogP contribution in [0.25, 0.3) is 21.6 Å². The summed E-state index contributed by atoms with van der Waals surface area (Å²) in [5.41, 5.74) is 0.380. The SMILES string of the molecule is COc1ccccc1NC(=O)Cn1c(-c2ccccc2)nc2scc(C(=O)O)c2c1=O. The normalized spacial score (nSPS) is 10.7. The van der Waals surface area contributed by atoms with Crippen LogP contribution in [-0.2, 0) is 11.3 Å². The quantitative estimate of drug-likeness (QED) is 0.480. The van der Waals surface area contributed by atoms with E-state index in [1.54, 1.807) is 48.5 Å². The number of amides is 1. The molecule has 0 aliphatic carbocycles. The van der Waals surface area contributed by atoms with E-state index >= 15 is 0 Å². The molecule has 0 saturated carbocycles. The number of rotatable bonds is 6. The molecule has 1 amide bonds. The maximum atomic E-state index is 13.3. The molecule has 0 atom stereocenters. The van der Waals surface area contributed by atoms with Crippen molar-refractivity contribution >= 4 is 39.1 Å². The molecule has 9 heteroatoms. The number of hydrogen-bond donors (Lipinski definition) is 2. The monoisotopic (exact) mass is 435 g/mol. The van der Waals surface area contributed by atoms with Crippen LogP contribution in [0.3, 0.4) is 0 Å². The first-order chi connectivity index (χ1) is 15.0. The fourth-order valence-electron chi connectivity index (χ4n) is 3.22. The van der Waals surface area contributed by atoms with Crippen molar-refractivity contribution in [2.24, 2.45) is 0 Å². The number of thiophene rings is 1. The second kappa shape index (κ2) is 8.41. The lowest BCUT2D eigenvalue weighted by molar-refractivity contribution is -0.116. The van der Waals surface area contributed by atoms with Gasteiger partial charge in [0.1, 0.15) is 22.9 Å². The van der Waals surface area contributed by atoms with Gasteiger partial charge in [0, 0.05) is 10.9 Å². The Balaban J connectivity index is 1.82. The van der Waals surface area contributed by atoms with Crippen LogP contribution in [-0.4, -0.2) is 33.6 Å². The van der Waals surface area contributed by atoms with E-state index < -0.39 is 17.4 Å². The maximum Gasteiger partial charge on any atom is 0.337 e. The van der Waals surface area contributed by atoms with Crippen molar-refractivity contribution in [2.75, 3.05) is 12.4 Å². The molecule has 0 fully saturated rings. The zero-order valence-corrected chi connectivity index (χ0v) is 17.2. The van der Waals surface area contributed by atoms with Crippen molar-refractivity contribution in [3.05, 3.63) is 75.9 Å². The van der Waals surface area contributed by atoms with Crippen molar-refractivity contribution in [1.82, 2.24) is 9.55 Å². The second-order valence-corrected chi connectivity index (χ2v) is 7.43. The Hall–Kier alpha value is -3.98. The number of para-hydroxylation sites is 2. The molecular formula is C22H17N3O5S. The van der Waals surface area contributed by atoms with E-state index in [4.69, 9.17) is 4.74 Å². The zero-order chi connectivity index (χ0) is 22.0. The molecule has 2 N–H and O–H groups in total. The topological polar surface area (TPSA) is 111 Å². The second-order valence-electron chi connectivity index (χ2n) is 6.58. The fourth-order valence-corrected chi connectivity index (χ4v) is 4.12. The molecule has 8 nitrogen and oxygen atoms in total. The lowest BCUT2D eigenvalue weighted by Gasteiger charge is -2.14. The highest BCUT2D eigenvalue weighted by Crippen LogP contribution is 2.26. The average molecular weight is 435 g/mol. The van der Waals surface area contributed by atoms with Crippen molar-refractivity contribution in [3.8, 4) is 17.1 Å². The van der Waals surface area contributed by atoms with E-state index in [0.29, 0.717) is 21.8 Å². The number of carboxylic acid groups (broad SMARTS) is 1. The van der Waals surface area contributed by atoms with Gasteiger partial charge in [-0.25, -0.2) is 9.78 Å². The highest BCUT2D eigenvalue weighted by atomic mass is 32.1. The van der Waals surface area contributed by atoms with Gasteiger partial charge in [0.25, 0.3) is 5.56 Å². The molecule has 0 spiro atoms. The number of methoxy groups -OCH3 is 1. The maximum absolute atomic E-state index is 13.3. The highest BCUT2D eigenvalue weighted by Gasteiger charge is 2.21. The molecule has 0 aliphatic rings. The van der Waals surface area contributed by atoms with Crippen LogP contribution in [0.15, 0.2) is 64.8 Å². The number of hydrogen-bond acceptors (Lipinski definition) is 6. The number of nitrogens with one attached hydrogen (secondary N) is 1. The summed E-state index contributed by atoms with van der Waals surface area (Å²) >= 11 is 1.08. The van der Waals surface area contributed by atoms with Gasteiger partial charge in [-0.1, -0.05) is 42.5 Å². The largest absolute Gasteiger partial charge is 0.495 e. The Kier molecular flexibility index (Phi) is 5.50. The first-order valence-electron chi connectivity index (χ1n) is 9.23. The van der Waals surface area contributed by atoms with Crippen LogP contribution < -0.4 is 15.6 Å². The predicted octanol–water partition coefficient (Wildman–Crippen LogP) is 3.47. The van der Waals surface area contributed by atoms with Crippen molar-refractivity contribution in [1.29, 1.82) is 0 Å². The van der Waals surface area contributed by atoms with Crippen LogP contribution in [0.2, 0.25) is 0 Å². The number of benzene rings is 2. The molecular weight excluding hydrogens is 418 g/mol. The number of ether oxygens (including phenoxy) is 1. The molecule has 4 rings (SSSR count). The number of aromatic carboxylic acids is 1. The Labute approximate surface area is 180 Å². The molecule has 0 bridgehead atoms. The zero-order valence-electron chi connectivity index (χ0n) is 16.4. The third kappa shape index (κ3) is 3.90. The summed E-state index contributed by atoms with van der Waals surface area (Å²) < 4.78 is 6.44. The molecule has 2 aromatic carbocycles. The molecule has 0 unspecified atom stereocenters. The molecule has 156 valence electrons. The summed E-state index contributed by atoms with van der Waals surface area (Å²) in [5, 5.41) is 13.5. The van der Waals surface area contributed by atoms with Gasteiger partial charge in [-0.2, -0.15) is 0 Å². The minimum Gasteiger partial charge on any atom is -0.495 e. The van der Waals surface area contributed by atoms with Gasteiger partial charge < -0.3 is 15.2 Å². The molecule has 0 radical (unpaired) electrons. The van der Waals surface area contributed by atoms with Crippen LogP contribution in [0.5, 0.6) is 5.75 Å². The lowest BCUT2D eigenvalue weighted by Crippen LogP contribution is -2.30. The number of aromatic nitrogens is 2. The van der Waals surface area contributed by atoms with Gasteiger partial charge in [0.15, 0.2) is 0 Å². The van der Waals surface area contributed by atoms with Crippen molar-refractivity contribution in [2.45, 2.75) is 6.54 Å². The minimum absolute atomic E-state index is 0.0118. The number of fused-ring (bicyclic) bond motifs is 1. The van der Waals surface area contributed by atoms with Gasteiger partial charge >= 0.3 is 5.97 Å². The fraction of sp³-hybridized carbons (Fsp3) is 0.0909. The molecule has 4 aromatic rings. The summed E-state index contributed by atoms with van der Waals surface area (Å²) in [6.45, 7) is -0.348. The first kappa shape index (κ1) is 20.3. The molecule has 31 heavy (non-hydrogen) atoms. The van der Waals surface area contributed by atoms with Crippen LogP contribution in [0.1, 0.15) is 10.4 Å². The molecule has 0 saturated heterocycles. The number of carbonyl (C=O) groups excluding carboxylic acids is 1. The van der Waals surface area contributed by atoms with Gasteiger partial charge in [-0.15, -0.1) is 11.3 Å². The summed E-state index contributed by atoms with van der Waals surface area (Å²) in [7, 11) is 1.49. The van der Waals surface area contributed by atoms with Crippen LogP contribution >= 0.6 is 11.3 Å². The first-order valence-corrected chi connectivity index (χ1v) is 10.1. The highest BCUT2D eigenvalue weighted by molar-refractivity contribution is 7.17. The Morgan fingerprint density at radius 3 is 2.55 bits per heavy atom. The lowest BCUT2D eigenvalue weighted by atomic mass is 10.2. The van der Waals surface area contributed by atoms with Crippen molar-refractivity contribution in [3.63, 3.8) is 0 Å². The van der Waals surface area contributed by atoms with Gasteiger partial charge in [0.05, 0.1) is 23.7 Å². The van der Waals surface area contributed by atoms with Crippen molar-refractivity contribution < 1.29 is 19.4 Å². The van der Waals surface area contributed by atoms with E-state index in [2.05, 4.69) is 10.3 Å². The van der Waals surface area contributed by atoms with Crippen LogP contribution in [0.4, 0.5) is 5.69 Å². The standard InChI is InChI=1S/C22H17N3O5S/c1-30-16-10-6-5-9-15(16)23-17(26)11-25-19(13-7-3-2-4-8-13)24-20-18(21(25)27)14(12-31-20)22(28)29/h2-10,12H,11H2,1H3,(H,23,26)(H,28,29). The Morgan fingerprint density at radius 1 is 1.13 bits per heavy atom. The number of carboxylic acids is 1. The minimum atomic E-state index is -1.22. The van der Waals surface area contributed by atoms with Gasteiger partial charge in [-0.05, 0) is 12.1 Å². The number of anilines is 1. The number of nitrogens with zero attached hydrogens (tertiary/aromatic N) is 2. The number of carbonyl (C=O) groups is 2. The summed E-state index contributed by atoms with van der Waals surface area (Å²) in [5.74, 6) is -0.933. The van der Waals surface area contributed by atoms with E-state index in [0.717, 1.165) is 11.3 Å². The summed E-state index contributed by atoms with van der Waals surface area (Å²) in [4.78, 5) is 42.5. The summed E-state index contributed by atoms with van der Waals surface area (Å²) in [6.07, 6.45) is 0. The molecule has 0 aliphatic heterocycles. The van der Waals surface area contributed by atoms with Gasteiger partial charge in [-0.3, -0.25) is 14.2 Å². The average Bonchev–Trinajstić information content (AvgIpc) is 3.21. The Bertz CT molecular complexity index is 1340. The van der Waals surface area contributed by atoms with E-state index in [-0.39, 0.29) is 23.3 Å². The molecule has 2 aromatic heterocycles. The van der Waals surface area contributed by atoms with Gasteiger partial charge in [0.2, 0.25) is 5.91 Å². The van der Waals surface area contributed by atoms with Crippen LogP contribution in [0, 0.1) is 0 Å². The predicted molar refractivity (Wildman–Crippen MR) is 118 cm³/mol. The van der Waals surface area contributed by atoms with E-state index in [9.17, 15) is 19.5 Å². The van der Waals surface area contributed by atoms with E-state index in [1.165, 1.54) is 17.1 Å². The van der Waals surface area contributed by atoms with E-state index in [1.807, 2.05) is 6.07 Å². The third-order valence-electron chi connectivity index (χ3n) is 4.64. The third-order valence-corrected chi connectivity index (χ3v) is 5.51. The Morgan fingerprint density at radius 2 is 1.84 bits per heavy atom. The molecule has 2 heterocycles. The smallest absolute Gasteiger partial charge is 0.337 e. The summed E-state index contributed by atoms with van der Waals surface area (Å²) in [6, 6.07) is 15.9.